The van der Waals surface area contributed by atoms with E-state index in [-0.39, 0.29) is 30.9 Å². The molecule has 2 fully saturated rings. The first kappa shape index (κ1) is 16.3. The number of hydrogen-bond donors (Lipinski definition) is 2. The van der Waals surface area contributed by atoms with Gasteiger partial charge in [-0.25, -0.2) is 4.79 Å². The molecule has 128 valence electrons. The molecule has 2 heterocycles. The Labute approximate surface area is 140 Å². The summed E-state index contributed by atoms with van der Waals surface area (Å²) in [5, 5.41) is 11.9. The molecule has 2 atom stereocenters. The summed E-state index contributed by atoms with van der Waals surface area (Å²) in [6.07, 6.45) is 0.737. The molecular weight excluding hydrogens is 310 g/mol. The predicted octanol–water partition coefficient (Wildman–Crippen LogP) is 1.53. The molecule has 0 saturated carbocycles. The van der Waals surface area contributed by atoms with Crippen LogP contribution < -0.4 is 5.32 Å². The molecule has 0 aromatic heterocycles. The van der Waals surface area contributed by atoms with E-state index in [1.165, 1.54) is 0 Å². The van der Waals surface area contributed by atoms with Crippen LogP contribution in [0, 0.1) is 12.8 Å². The van der Waals surface area contributed by atoms with Crippen molar-refractivity contribution < 1.29 is 19.5 Å². The Kier molecular flexibility index (Phi) is 4.42. The number of benzene rings is 1. The Morgan fingerprint density at radius 1 is 1.29 bits per heavy atom. The number of aryl methyl sites for hydroxylation is 1. The number of rotatable bonds is 3. The lowest BCUT2D eigenvalue weighted by Gasteiger charge is -2.24. The molecule has 2 saturated heterocycles. The number of anilines is 1. The Balaban J connectivity index is 1.58. The third-order valence-electron chi connectivity index (χ3n) is 4.67. The number of carbonyl (C=O) groups is 3. The van der Waals surface area contributed by atoms with Crippen molar-refractivity contribution in [3.8, 4) is 0 Å². The van der Waals surface area contributed by atoms with Gasteiger partial charge in [0.05, 0.1) is 12.0 Å². The van der Waals surface area contributed by atoms with Crippen molar-refractivity contribution in [1.82, 2.24) is 9.80 Å². The van der Waals surface area contributed by atoms with E-state index in [2.05, 4.69) is 5.32 Å². The van der Waals surface area contributed by atoms with Gasteiger partial charge in [0.2, 0.25) is 5.91 Å². The van der Waals surface area contributed by atoms with Crippen LogP contribution in [0.15, 0.2) is 24.3 Å². The number of carboxylic acid groups (broad SMARTS) is 1. The summed E-state index contributed by atoms with van der Waals surface area (Å²) >= 11 is 0. The minimum absolute atomic E-state index is 0.0569. The lowest BCUT2D eigenvalue weighted by molar-refractivity contribution is -0.141. The van der Waals surface area contributed by atoms with E-state index in [1.54, 1.807) is 9.80 Å². The third-order valence-corrected chi connectivity index (χ3v) is 4.67. The molecule has 2 aliphatic heterocycles. The Hall–Kier alpha value is -2.57. The van der Waals surface area contributed by atoms with Crippen LogP contribution in [-0.4, -0.2) is 58.5 Å². The number of carboxylic acids is 1. The van der Waals surface area contributed by atoms with Gasteiger partial charge in [0.1, 0.15) is 0 Å². The van der Waals surface area contributed by atoms with Crippen molar-refractivity contribution >= 4 is 23.6 Å². The van der Waals surface area contributed by atoms with E-state index in [0.29, 0.717) is 19.5 Å². The second-order valence-corrected chi connectivity index (χ2v) is 6.47. The van der Waals surface area contributed by atoms with Gasteiger partial charge in [-0.05, 0) is 31.0 Å². The minimum atomic E-state index is -0.933. The molecule has 3 amide bonds. The van der Waals surface area contributed by atoms with Gasteiger partial charge in [0, 0.05) is 31.7 Å². The number of nitrogens with one attached hydrogen (secondary N) is 1. The second kappa shape index (κ2) is 6.51. The molecule has 1 aromatic rings. The van der Waals surface area contributed by atoms with E-state index in [4.69, 9.17) is 5.11 Å². The zero-order chi connectivity index (χ0) is 17.3. The zero-order valence-electron chi connectivity index (χ0n) is 13.6. The van der Waals surface area contributed by atoms with Crippen LogP contribution in [0.2, 0.25) is 0 Å². The van der Waals surface area contributed by atoms with Gasteiger partial charge < -0.3 is 20.2 Å². The van der Waals surface area contributed by atoms with E-state index in [9.17, 15) is 14.4 Å². The highest BCUT2D eigenvalue weighted by atomic mass is 16.4. The van der Waals surface area contributed by atoms with Crippen LogP contribution >= 0.6 is 0 Å². The monoisotopic (exact) mass is 331 g/mol. The fourth-order valence-corrected chi connectivity index (χ4v) is 3.36. The second-order valence-electron chi connectivity index (χ2n) is 6.47. The number of amides is 3. The molecule has 0 radical (unpaired) electrons. The summed E-state index contributed by atoms with van der Waals surface area (Å²) in [6, 6.07) is 7.29. The number of nitrogens with zero attached hydrogens (tertiary/aromatic N) is 2. The van der Waals surface area contributed by atoms with Crippen molar-refractivity contribution in [1.29, 1.82) is 0 Å². The van der Waals surface area contributed by atoms with Gasteiger partial charge in [-0.2, -0.15) is 0 Å². The predicted molar refractivity (Wildman–Crippen MR) is 87.6 cm³/mol. The van der Waals surface area contributed by atoms with Crippen LogP contribution in [0.4, 0.5) is 10.5 Å². The summed E-state index contributed by atoms with van der Waals surface area (Å²) in [6.45, 7) is 3.20. The molecule has 24 heavy (non-hydrogen) atoms. The van der Waals surface area contributed by atoms with Gasteiger partial charge in [0.25, 0.3) is 0 Å². The van der Waals surface area contributed by atoms with Crippen molar-refractivity contribution in [3.63, 3.8) is 0 Å². The van der Waals surface area contributed by atoms with Gasteiger partial charge in [0.15, 0.2) is 0 Å². The van der Waals surface area contributed by atoms with Crippen molar-refractivity contribution in [3.05, 3.63) is 29.8 Å². The molecule has 7 nitrogen and oxygen atoms in total. The Morgan fingerprint density at radius 3 is 2.75 bits per heavy atom. The Bertz CT molecular complexity index is 676. The number of urea groups is 1. The van der Waals surface area contributed by atoms with E-state index in [1.807, 2.05) is 31.2 Å². The number of carbonyl (C=O) groups excluding carboxylic acids is 2. The van der Waals surface area contributed by atoms with Gasteiger partial charge in [-0.3, -0.25) is 9.59 Å². The summed E-state index contributed by atoms with van der Waals surface area (Å²) in [4.78, 5) is 38.7. The maximum atomic E-state index is 12.4. The zero-order valence-corrected chi connectivity index (χ0v) is 13.6. The lowest BCUT2D eigenvalue weighted by Crippen LogP contribution is -2.41. The summed E-state index contributed by atoms with van der Waals surface area (Å²) in [5.74, 6) is -1.70. The van der Waals surface area contributed by atoms with Crippen LogP contribution in [0.3, 0.4) is 0 Å². The molecule has 2 N–H and O–H groups in total. The first-order chi connectivity index (χ1) is 11.4. The first-order valence-corrected chi connectivity index (χ1v) is 8.09. The number of likely N-dealkylation sites (tertiary alicyclic amines) is 2. The van der Waals surface area contributed by atoms with Crippen LogP contribution in [0.5, 0.6) is 0 Å². The highest BCUT2D eigenvalue weighted by Crippen LogP contribution is 2.25. The van der Waals surface area contributed by atoms with Gasteiger partial charge in [-0.15, -0.1) is 0 Å². The fraction of sp³-hybridized carbons (Fsp3) is 0.471. The quantitative estimate of drug-likeness (QED) is 0.879. The molecular formula is C17H21N3O4. The smallest absolute Gasteiger partial charge is 0.321 e. The third kappa shape index (κ3) is 3.34. The van der Waals surface area contributed by atoms with Gasteiger partial charge >= 0.3 is 12.0 Å². The molecule has 2 aliphatic rings. The van der Waals surface area contributed by atoms with E-state index >= 15 is 0 Å². The van der Waals surface area contributed by atoms with E-state index < -0.39 is 11.9 Å². The maximum Gasteiger partial charge on any atom is 0.321 e. The van der Waals surface area contributed by atoms with Gasteiger partial charge in [-0.1, -0.05) is 12.1 Å². The SMILES string of the molecule is Cc1cccc(NC(=O)N2CCC(N3CC(C(=O)O)CC3=O)C2)c1. The summed E-state index contributed by atoms with van der Waals surface area (Å²) < 4.78 is 0. The summed E-state index contributed by atoms with van der Waals surface area (Å²) in [5.41, 5.74) is 1.81. The van der Waals surface area contributed by atoms with Crippen molar-refractivity contribution in [2.24, 2.45) is 5.92 Å². The maximum absolute atomic E-state index is 12.4. The number of hydrogen-bond acceptors (Lipinski definition) is 3. The van der Waals surface area contributed by atoms with Crippen LogP contribution in [0.25, 0.3) is 0 Å². The molecule has 2 unspecified atom stereocenters. The average molecular weight is 331 g/mol. The molecule has 1 aromatic carbocycles. The van der Waals surface area contributed by atoms with E-state index in [0.717, 1.165) is 11.3 Å². The molecule has 0 spiro atoms. The van der Waals surface area contributed by atoms with Crippen LogP contribution in [0.1, 0.15) is 18.4 Å². The Morgan fingerprint density at radius 2 is 2.08 bits per heavy atom. The fourth-order valence-electron chi connectivity index (χ4n) is 3.36. The summed E-state index contributed by atoms with van der Waals surface area (Å²) in [7, 11) is 0. The first-order valence-electron chi connectivity index (χ1n) is 8.09. The highest BCUT2D eigenvalue weighted by Gasteiger charge is 2.40. The molecule has 7 heteroatoms. The van der Waals surface area contributed by atoms with Crippen LogP contribution in [-0.2, 0) is 9.59 Å². The largest absolute Gasteiger partial charge is 0.481 e. The minimum Gasteiger partial charge on any atom is -0.481 e. The average Bonchev–Trinajstić information content (AvgIpc) is 3.13. The lowest BCUT2D eigenvalue weighted by atomic mass is 10.1. The topological polar surface area (TPSA) is 90.0 Å². The number of aliphatic carboxylic acids is 1. The molecule has 0 aliphatic carbocycles. The van der Waals surface area contributed by atoms with Crippen molar-refractivity contribution in [2.75, 3.05) is 25.0 Å². The standard InChI is InChI=1S/C17H21N3O4/c1-11-3-2-4-13(7-11)18-17(24)19-6-5-14(10-19)20-9-12(16(22)23)8-15(20)21/h2-4,7,12,14H,5-6,8-10H2,1H3,(H,18,24)(H,22,23). The highest BCUT2D eigenvalue weighted by molar-refractivity contribution is 5.90. The molecule has 0 bridgehead atoms. The van der Waals surface area contributed by atoms with Crippen molar-refractivity contribution in [2.45, 2.75) is 25.8 Å². The molecule has 3 rings (SSSR count). The normalized spacial score (nSPS) is 23.6.